The van der Waals surface area contributed by atoms with Gasteiger partial charge in [-0.2, -0.15) is 0 Å². The normalized spacial score (nSPS) is 18.6. The van der Waals surface area contributed by atoms with Crippen molar-refractivity contribution < 1.29 is 35.1 Å². The molecule has 9 heteroatoms. The lowest BCUT2D eigenvalue weighted by atomic mass is 9.84. The molecule has 5 atom stereocenters. The Morgan fingerprint density at radius 3 is 2.49 bits per heavy atom. The highest BCUT2D eigenvalue weighted by molar-refractivity contribution is 5.81. The Morgan fingerprint density at radius 2 is 1.79 bits per heavy atom. The number of nitrogens with zero attached hydrogens (tertiary/aromatic N) is 2. The van der Waals surface area contributed by atoms with Gasteiger partial charge in [-0.1, -0.05) is 43.3 Å². The number of carbonyl (C=O) groups excluding carboxylic acids is 1. The monoisotopic (exact) mass is 646 g/mol. The first-order valence-corrected chi connectivity index (χ1v) is 16.9. The van der Waals surface area contributed by atoms with Crippen molar-refractivity contribution in [3.63, 3.8) is 0 Å². The molecule has 0 saturated heterocycles. The molecule has 1 unspecified atom stereocenters. The lowest BCUT2D eigenvalue weighted by molar-refractivity contribution is -0.157. The van der Waals surface area contributed by atoms with Crippen LogP contribution >= 0.6 is 0 Å². The predicted octanol–water partition coefficient (Wildman–Crippen LogP) is 4.04. The third-order valence-corrected chi connectivity index (χ3v) is 10.1. The van der Waals surface area contributed by atoms with Crippen LogP contribution < -0.4 is 4.74 Å². The third kappa shape index (κ3) is 8.39. The number of ether oxygens (including phenoxy) is 1. The standard InChI is InChI=1S/C38H50N2O7/c1-24(7-6-20-40(3)37(46)36(45)35(44)34(43)32(42)23-41)26-11-10-25(2)27(21-26)14-16-38(17-18-38)31-22-39-19-15-29(31)30-8-4-5-9-33(30)47-28-12-13-28/h4-5,8-11,15,19,21-22,24,28,32,34-36,41-45H,6-7,12-14,16-18,20,23H2,1-3H3/t24?,32-,34+,35-,36-/m0/s1. The van der Waals surface area contributed by atoms with Crippen LogP contribution in [0.5, 0.6) is 5.75 Å². The average molecular weight is 647 g/mol. The highest BCUT2D eigenvalue weighted by Gasteiger charge is 2.45. The van der Waals surface area contributed by atoms with E-state index < -0.39 is 36.9 Å². The van der Waals surface area contributed by atoms with Gasteiger partial charge in [-0.3, -0.25) is 9.78 Å². The molecule has 9 nitrogen and oxygen atoms in total. The van der Waals surface area contributed by atoms with Gasteiger partial charge in [-0.25, -0.2) is 0 Å². The molecule has 0 aliphatic heterocycles. The van der Waals surface area contributed by atoms with Crippen molar-refractivity contribution >= 4 is 5.91 Å². The predicted molar refractivity (Wildman–Crippen MR) is 180 cm³/mol. The van der Waals surface area contributed by atoms with Gasteiger partial charge in [-0.05, 0) is 110 Å². The first-order valence-electron chi connectivity index (χ1n) is 16.9. The summed E-state index contributed by atoms with van der Waals surface area (Å²) in [5.41, 5.74) is 7.64. The number of aryl methyl sites for hydroxylation is 2. The van der Waals surface area contributed by atoms with Crippen molar-refractivity contribution in [2.45, 2.75) is 107 Å². The van der Waals surface area contributed by atoms with E-state index in [1.807, 2.05) is 12.3 Å². The topological polar surface area (TPSA) is 144 Å². The van der Waals surface area contributed by atoms with Gasteiger partial charge in [0.2, 0.25) is 0 Å². The largest absolute Gasteiger partial charge is 0.490 e. The van der Waals surface area contributed by atoms with E-state index in [2.05, 4.69) is 67.5 Å². The van der Waals surface area contributed by atoms with E-state index in [9.17, 15) is 25.2 Å². The number of hydrogen-bond donors (Lipinski definition) is 5. The zero-order valence-electron chi connectivity index (χ0n) is 27.8. The van der Waals surface area contributed by atoms with Crippen LogP contribution in [0, 0.1) is 6.92 Å². The molecule has 1 aromatic heterocycles. The summed E-state index contributed by atoms with van der Waals surface area (Å²) in [5.74, 6) is 0.450. The summed E-state index contributed by atoms with van der Waals surface area (Å²) in [6.07, 6.45) is 4.99. The molecule has 2 aliphatic carbocycles. The van der Waals surface area contributed by atoms with Gasteiger partial charge in [0.25, 0.3) is 5.91 Å². The number of aliphatic hydroxyl groups is 5. The molecular formula is C38H50N2O7. The Hall–Kier alpha value is -3.34. The van der Waals surface area contributed by atoms with Gasteiger partial charge in [0, 0.05) is 31.5 Å². The maximum absolute atomic E-state index is 12.6. The van der Waals surface area contributed by atoms with Gasteiger partial charge >= 0.3 is 0 Å². The number of likely N-dealkylation sites (N-methyl/N-ethyl adjacent to an activating group) is 1. The lowest BCUT2D eigenvalue weighted by Crippen LogP contribution is -2.52. The minimum absolute atomic E-state index is 0.103. The maximum Gasteiger partial charge on any atom is 0.253 e. The van der Waals surface area contributed by atoms with Crippen molar-refractivity contribution in [3.05, 3.63) is 83.2 Å². The minimum atomic E-state index is -1.91. The summed E-state index contributed by atoms with van der Waals surface area (Å²) in [4.78, 5) is 18.5. The second kappa shape index (κ2) is 15.3. The Labute approximate surface area is 277 Å². The number of para-hydroxylation sites is 1. The molecule has 1 heterocycles. The van der Waals surface area contributed by atoms with E-state index in [0.29, 0.717) is 19.1 Å². The number of hydrogen-bond acceptors (Lipinski definition) is 8. The highest BCUT2D eigenvalue weighted by Crippen LogP contribution is 2.55. The van der Waals surface area contributed by atoms with Crippen LogP contribution in [0.2, 0.25) is 0 Å². The number of carbonyl (C=O) groups is 1. The van der Waals surface area contributed by atoms with Crippen molar-refractivity contribution in [2.24, 2.45) is 0 Å². The Kier molecular flexibility index (Phi) is 11.4. The van der Waals surface area contributed by atoms with Crippen molar-refractivity contribution in [2.75, 3.05) is 20.2 Å². The smallest absolute Gasteiger partial charge is 0.253 e. The fourth-order valence-electron chi connectivity index (χ4n) is 6.46. The second-order valence-electron chi connectivity index (χ2n) is 13.7. The molecule has 0 radical (unpaired) electrons. The minimum Gasteiger partial charge on any atom is -0.490 e. The second-order valence-corrected chi connectivity index (χ2v) is 13.7. The Bertz CT molecular complexity index is 1500. The van der Waals surface area contributed by atoms with Gasteiger partial charge in [-0.15, -0.1) is 0 Å². The Morgan fingerprint density at radius 1 is 1.04 bits per heavy atom. The lowest BCUT2D eigenvalue weighted by Gasteiger charge is -2.28. The molecule has 5 N–H and O–H groups in total. The number of rotatable bonds is 17. The summed E-state index contributed by atoms with van der Waals surface area (Å²) in [6.45, 7) is 3.90. The molecule has 2 aromatic carbocycles. The number of aromatic nitrogens is 1. The third-order valence-electron chi connectivity index (χ3n) is 10.1. The molecule has 0 spiro atoms. The summed E-state index contributed by atoms with van der Waals surface area (Å²) in [5, 5.41) is 48.6. The van der Waals surface area contributed by atoms with Gasteiger partial charge in [0.1, 0.15) is 24.1 Å². The van der Waals surface area contributed by atoms with Crippen molar-refractivity contribution in [1.29, 1.82) is 0 Å². The molecule has 254 valence electrons. The summed E-state index contributed by atoms with van der Waals surface area (Å²) < 4.78 is 6.29. The molecular weight excluding hydrogens is 596 g/mol. The van der Waals surface area contributed by atoms with E-state index in [1.165, 1.54) is 39.8 Å². The molecule has 2 saturated carbocycles. The van der Waals surface area contributed by atoms with Crippen LogP contribution in [0.3, 0.4) is 0 Å². The number of aliphatic hydroxyl groups excluding tert-OH is 5. The highest BCUT2D eigenvalue weighted by atomic mass is 16.5. The number of benzene rings is 2. The van der Waals surface area contributed by atoms with Gasteiger partial charge in [0.05, 0.1) is 12.7 Å². The fraction of sp³-hybridized carbons (Fsp3) is 0.526. The summed E-state index contributed by atoms with van der Waals surface area (Å²) >= 11 is 0. The molecule has 0 bridgehead atoms. The van der Waals surface area contributed by atoms with Crippen molar-refractivity contribution in [3.8, 4) is 16.9 Å². The van der Waals surface area contributed by atoms with Crippen LogP contribution in [-0.4, -0.2) is 92.0 Å². The van der Waals surface area contributed by atoms with Gasteiger partial charge in [0.15, 0.2) is 6.10 Å². The van der Waals surface area contributed by atoms with E-state index in [0.717, 1.165) is 56.3 Å². The maximum atomic E-state index is 12.6. The zero-order valence-corrected chi connectivity index (χ0v) is 27.8. The van der Waals surface area contributed by atoms with Gasteiger partial charge < -0.3 is 35.2 Å². The van der Waals surface area contributed by atoms with E-state index in [4.69, 9.17) is 9.84 Å². The van der Waals surface area contributed by atoms with E-state index in [-0.39, 0.29) is 11.3 Å². The zero-order chi connectivity index (χ0) is 33.7. The SMILES string of the molecule is Cc1ccc(C(C)CCCN(C)C(=O)[C@@H](O)[C@@H](O)[C@H](O)[C@@H](O)CO)cc1CCC1(c2cnccc2-c2ccccc2OC2CC2)CC1. The molecule has 3 aromatic rings. The van der Waals surface area contributed by atoms with E-state index in [1.54, 1.807) is 0 Å². The van der Waals surface area contributed by atoms with Crippen molar-refractivity contribution in [1.82, 2.24) is 9.88 Å². The molecule has 5 rings (SSSR count). The summed E-state index contributed by atoms with van der Waals surface area (Å²) in [6, 6.07) is 17.2. The number of amides is 1. The van der Waals surface area contributed by atoms with Crippen LogP contribution in [0.1, 0.15) is 80.0 Å². The number of pyridine rings is 1. The fourth-order valence-corrected chi connectivity index (χ4v) is 6.46. The molecule has 2 aliphatic rings. The summed E-state index contributed by atoms with van der Waals surface area (Å²) in [7, 11) is 1.53. The average Bonchev–Trinajstić information content (AvgIpc) is 4.04. The first kappa shape index (κ1) is 35.0. The molecule has 1 amide bonds. The van der Waals surface area contributed by atoms with Crippen LogP contribution in [0.25, 0.3) is 11.1 Å². The molecule has 2 fully saturated rings. The van der Waals surface area contributed by atoms with E-state index >= 15 is 0 Å². The van der Waals surface area contributed by atoms with Crippen LogP contribution in [0.4, 0.5) is 0 Å². The van der Waals surface area contributed by atoms with Crippen LogP contribution in [-0.2, 0) is 16.6 Å². The first-order chi connectivity index (χ1) is 22.5. The Balaban J connectivity index is 1.19. The quantitative estimate of drug-likeness (QED) is 0.148. The molecule has 47 heavy (non-hydrogen) atoms. The van der Waals surface area contributed by atoms with Crippen LogP contribution in [0.15, 0.2) is 60.9 Å².